The first-order valence-electron chi connectivity index (χ1n) is 27.7. The van der Waals surface area contributed by atoms with Gasteiger partial charge in [-0.05, 0) is 135 Å². The van der Waals surface area contributed by atoms with Crippen LogP contribution in [0.25, 0.3) is 133 Å². The van der Waals surface area contributed by atoms with E-state index in [0.717, 1.165) is 67.5 Å². The van der Waals surface area contributed by atoms with E-state index in [1.165, 1.54) is 65.9 Å². The number of hydrogen-bond donors (Lipinski definition) is 0. The zero-order valence-corrected chi connectivity index (χ0v) is 45.4. The van der Waals surface area contributed by atoms with E-state index in [1.807, 2.05) is 24.3 Å². The molecular weight excluding hydrogens is 971 g/mol. The lowest BCUT2D eigenvalue weighted by molar-refractivity contribution is 0.642. The standard InChI is InChI=1S/C38H30N2.C37H29N3/c1-26(2)40-37-20-18-30(27-12-6-3-7-13-27)22-33(37)34-23-31(19-21-38(34)40)32-24-35(28-14-8-4-9-15-28)39-36(25-32)29-16-10-5-11-17-29;1-25(2)40-36-21-19-28(34-17-9-15-32(38-34)26-11-5-3-6-12-26)23-30(36)31-24-29(20-22-37(31)40)35-18-10-16-33(39-35)27-13-7-4-8-14-27/h3-26H,1-2H3;3-25H,1-2H3. The molecule has 5 heteroatoms. The van der Waals surface area contributed by atoms with E-state index < -0.39 is 0 Å². The first kappa shape index (κ1) is 49.6. The van der Waals surface area contributed by atoms with E-state index in [4.69, 9.17) is 15.0 Å². The Morgan fingerprint density at radius 2 is 0.475 bits per heavy atom. The largest absolute Gasteiger partial charge is 0.338 e. The monoisotopic (exact) mass is 1030 g/mol. The molecule has 0 radical (unpaired) electrons. The third-order valence-corrected chi connectivity index (χ3v) is 15.3. The maximum absolute atomic E-state index is 5.08. The number of benzene rings is 9. The number of fused-ring (bicyclic) bond motifs is 6. The van der Waals surface area contributed by atoms with Gasteiger partial charge in [0, 0.05) is 89.1 Å². The average Bonchev–Trinajstić information content (AvgIpc) is 4.15. The minimum Gasteiger partial charge on any atom is -0.338 e. The smallest absolute Gasteiger partial charge is 0.0715 e. The summed E-state index contributed by atoms with van der Waals surface area (Å²) in [6.07, 6.45) is 0. The molecule has 0 saturated heterocycles. The van der Waals surface area contributed by atoms with Crippen LogP contribution >= 0.6 is 0 Å². The first-order chi connectivity index (χ1) is 39.3. The van der Waals surface area contributed by atoms with Crippen molar-refractivity contribution in [2.45, 2.75) is 39.8 Å². The first-order valence-corrected chi connectivity index (χ1v) is 27.7. The van der Waals surface area contributed by atoms with Gasteiger partial charge in [-0.3, -0.25) is 0 Å². The number of hydrogen-bond acceptors (Lipinski definition) is 3. The highest BCUT2D eigenvalue weighted by Crippen LogP contribution is 2.40. The summed E-state index contributed by atoms with van der Waals surface area (Å²) >= 11 is 0. The highest BCUT2D eigenvalue weighted by atomic mass is 15.0. The average molecular weight is 1030 g/mol. The molecule has 14 aromatic rings. The van der Waals surface area contributed by atoms with E-state index in [2.05, 4.69) is 286 Å². The van der Waals surface area contributed by atoms with E-state index in [9.17, 15) is 0 Å². The third kappa shape index (κ3) is 9.64. The van der Waals surface area contributed by atoms with Crippen molar-refractivity contribution in [3.05, 3.63) is 273 Å². The molecule has 80 heavy (non-hydrogen) atoms. The molecule has 0 aliphatic rings. The molecule has 14 rings (SSSR count). The fourth-order valence-corrected chi connectivity index (χ4v) is 11.5. The van der Waals surface area contributed by atoms with Crippen molar-refractivity contribution in [3.8, 4) is 89.8 Å². The van der Waals surface area contributed by atoms with Gasteiger partial charge in [0.1, 0.15) is 0 Å². The Hall–Kier alpha value is -9.97. The number of aromatic nitrogens is 5. The predicted octanol–water partition coefficient (Wildman–Crippen LogP) is 20.3. The molecule has 0 aliphatic carbocycles. The van der Waals surface area contributed by atoms with Crippen molar-refractivity contribution >= 4 is 43.6 Å². The van der Waals surface area contributed by atoms with Crippen molar-refractivity contribution in [2.24, 2.45) is 0 Å². The van der Waals surface area contributed by atoms with Crippen LogP contribution in [-0.4, -0.2) is 24.1 Å². The van der Waals surface area contributed by atoms with Crippen molar-refractivity contribution in [1.29, 1.82) is 0 Å². The molecule has 0 saturated carbocycles. The summed E-state index contributed by atoms with van der Waals surface area (Å²) in [7, 11) is 0. The van der Waals surface area contributed by atoms with Crippen LogP contribution in [0.1, 0.15) is 39.8 Å². The van der Waals surface area contributed by atoms with Crippen molar-refractivity contribution in [1.82, 2.24) is 24.1 Å². The van der Waals surface area contributed by atoms with Gasteiger partial charge in [-0.2, -0.15) is 0 Å². The summed E-state index contributed by atoms with van der Waals surface area (Å²) < 4.78 is 4.89. The van der Waals surface area contributed by atoms with Gasteiger partial charge in [0.05, 0.1) is 34.2 Å². The minimum atomic E-state index is 0.329. The lowest BCUT2D eigenvalue weighted by Gasteiger charge is -2.13. The van der Waals surface area contributed by atoms with Crippen molar-refractivity contribution in [2.75, 3.05) is 0 Å². The van der Waals surface area contributed by atoms with Gasteiger partial charge >= 0.3 is 0 Å². The molecular formula is C75H59N5. The van der Waals surface area contributed by atoms with Gasteiger partial charge in [0.2, 0.25) is 0 Å². The molecule has 384 valence electrons. The highest BCUT2D eigenvalue weighted by molar-refractivity contribution is 6.12. The van der Waals surface area contributed by atoms with Gasteiger partial charge < -0.3 is 9.13 Å². The van der Waals surface area contributed by atoms with Crippen LogP contribution in [0, 0.1) is 0 Å². The topological polar surface area (TPSA) is 48.5 Å². The summed E-state index contributed by atoms with van der Waals surface area (Å²) in [5, 5.41) is 5.02. The van der Waals surface area contributed by atoms with E-state index in [1.54, 1.807) is 0 Å². The Morgan fingerprint density at radius 3 is 0.812 bits per heavy atom. The van der Waals surface area contributed by atoms with Crippen molar-refractivity contribution < 1.29 is 0 Å². The van der Waals surface area contributed by atoms with E-state index in [-0.39, 0.29) is 0 Å². The Balaban J connectivity index is 0.000000151. The molecule has 5 heterocycles. The Labute approximate surface area is 467 Å². The van der Waals surface area contributed by atoms with Crippen LogP contribution in [0.5, 0.6) is 0 Å². The summed E-state index contributed by atoms with van der Waals surface area (Å²) in [5.41, 5.74) is 22.4. The molecule has 0 spiro atoms. The second-order valence-corrected chi connectivity index (χ2v) is 21.1. The molecule has 0 bridgehead atoms. The Kier molecular flexibility index (Phi) is 13.3. The van der Waals surface area contributed by atoms with Gasteiger partial charge in [-0.15, -0.1) is 0 Å². The second kappa shape index (κ2) is 21.5. The summed E-state index contributed by atoms with van der Waals surface area (Å²) in [5.74, 6) is 0. The zero-order valence-electron chi connectivity index (χ0n) is 45.4. The normalized spacial score (nSPS) is 11.5. The Bertz CT molecular complexity index is 4300. The molecule has 9 aromatic carbocycles. The van der Waals surface area contributed by atoms with Crippen molar-refractivity contribution in [3.63, 3.8) is 0 Å². The van der Waals surface area contributed by atoms with Crippen LogP contribution < -0.4 is 0 Å². The van der Waals surface area contributed by atoms with E-state index in [0.29, 0.717) is 12.1 Å². The van der Waals surface area contributed by atoms with Crippen LogP contribution in [0.15, 0.2) is 273 Å². The van der Waals surface area contributed by atoms with E-state index >= 15 is 0 Å². The van der Waals surface area contributed by atoms with Crippen LogP contribution in [0.3, 0.4) is 0 Å². The summed E-state index contributed by atoms with van der Waals surface area (Å²) in [6.45, 7) is 9.02. The maximum Gasteiger partial charge on any atom is 0.0715 e. The fraction of sp³-hybridized carbons (Fsp3) is 0.0800. The predicted molar refractivity (Wildman–Crippen MR) is 337 cm³/mol. The fourth-order valence-electron chi connectivity index (χ4n) is 11.5. The molecule has 5 aromatic heterocycles. The van der Waals surface area contributed by atoms with Crippen LogP contribution in [0.2, 0.25) is 0 Å². The lowest BCUT2D eigenvalue weighted by Crippen LogP contribution is -1.99. The van der Waals surface area contributed by atoms with Gasteiger partial charge in [0.15, 0.2) is 0 Å². The summed E-state index contributed by atoms with van der Waals surface area (Å²) in [4.78, 5) is 15.1. The number of nitrogens with zero attached hydrogens (tertiary/aromatic N) is 5. The Morgan fingerprint density at radius 1 is 0.212 bits per heavy atom. The highest BCUT2D eigenvalue weighted by Gasteiger charge is 2.19. The zero-order chi connectivity index (χ0) is 54.1. The van der Waals surface area contributed by atoms with Crippen LogP contribution in [-0.2, 0) is 0 Å². The number of pyridine rings is 3. The lowest BCUT2D eigenvalue weighted by atomic mass is 9.98. The molecule has 0 unspecified atom stereocenters. The summed E-state index contributed by atoms with van der Waals surface area (Å²) in [6, 6.07) is 97.2. The molecule has 0 N–H and O–H groups in total. The van der Waals surface area contributed by atoms with Gasteiger partial charge in [-0.1, -0.05) is 188 Å². The van der Waals surface area contributed by atoms with Gasteiger partial charge in [-0.25, -0.2) is 15.0 Å². The minimum absolute atomic E-state index is 0.329. The third-order valence-electron chi connectivity index (χ3n) is 15.3. The molecule has 5 nitrogen and oxygen atoms in total. The second-order valence-electron chi connectivity index (χ2n) is 21.1. The van der Waals surface area contributed by atoms with Crippen LogP contribution in [0.4, 0.5) is 0 Å². The molecule has 0 atom stereocenters. The SMILES string of the molecule is CC(C)n1c2ccc(-c3cccc(-c4ccccc4)n3)cc2c2cc(-c3cccc(-c4ccccc4)n3)ccc21.CC(C)n1c2ccc(-c3ccccc3)cc2c2cc(-c3cc(-c4ccccc4)nc(-c4ccccc4)c3)ccc21. The molecule has 0 fully saturated rings. The maximum atomic E-state index is 5.08. The quantitative estimate of drug-likeness (QED) is 0.137. The van der Waals surface area contributed by atoms with Gasteiger partial charge in [0.25, 0.3) is 0 Å². The number of rotatable bonds is 10. The molecule has 0 amide bonds. The molecule has 0 aliphatic heterocycles.